The van der Waals surface area contributed by atoms with Crippen LogP contribution in [0.5, 0.6) is 0 Å². The molecule has 1 aromatic heterocycles. The third-order valence-corrected chi connectivity index (χ3v) is 3.93. The molecule has 0 saturated carbocycles. The highest BCUT2D eigenvalue weighted by Gasteiger charge is 2.16. The number of benzene rings is 1. The molecular formula is C18H26N4O. The zero-order chi connectivity index (χ0) is 16.8. The first-order chi connectivity index (χ1) is 11.0. The minimum atomic E-state index is 0.148. The van der Waals surface area contributed by atoms with Crippen LogP contribution in [0.1, 0.15) is 22.4 Å². The number of aryl methyl sites for hydroxylation is 2. The normalized spacial score (nSPS) is 11.0. The lowest BCUT2D eigenvalue weighted by Gasteiger charge is -2.24. The molecule has 0 bridgehead atoms. The molecule has 23 heavy (non-hydrogen) atoms. The van der Waals surface area contributed by atoms with Crippen molar-refractivity contribution in [2.24, 2.45) is 0 Å². The highest BCUT2D eigenvalue weighted by Crippen LogP contribution is 2.13. The van der Waals surface area contributed by atoms with Crippen molar-refractivity contribution < 1.29 is 4.79 Å². The van der Waals surface area contributed by atoms with E-state index in [1.807, 2.05) is 19.0 Å². The Morgan fingerprint density at radius 1 is 1.22 bits per heavy atom. The molecule has 2 aromatic rings. The Morgan fingerprint density at radius 2 is 2.00 bits per heavy atom. The molecule has 124 valence electrons. The fourth-order valence-electron chi connectivity index (χ4n) is 2.45. The lowest BCUT2D eigenvalue weighted by Crippen LogP contribution is -2.37. The Morgan fingerprint density at radius 3 is 2.65 bits per heavy atom. The smallest absolute Gasteiger partial charge is 0.227 e. The molecular weight excluding hydrogens is 288 g/mol. The fraction of sp³-hybridized carbons (Fsp3) is 0.444. The van der Waals surface area contributed by atoms with Crippen LogP contribution in [0.15, 0.2) is 30.7 Å². The maximum absolute atomic E-state index is 12.8. The van der Waals surface area contributed by atoms with Gasteiger partial charge < -0.3 is 14.8 Å². The largest absolute Gasteiger partial charge is 0.347 e. The number of hydrogen-bond donors (Lipinski definition) is 1. The van der Waals surface area contributed by atoms with Gasteiger partial charge in [-0.2, -0.15) is 0 Å². The molecule has 0 atom stereocenters. The van der Waals surface area contributed by atoms with Crippen LogP contribution in [0.4, 0.5) is 0 Å². The molecule has 0 spiro atoms. The molecule has 1 heterocycles. The number of nitrogens with one attached hydrogen (secondary N) is 1. The van der Waals surface area contributed by atoms with Gasteiger partial charge in [-0.15, -0.1) is 0 Å². The van der Waals surface area contributed by atoms with Crippen molar-refractivity contribution in [3.63, 3.8) is 0 Å². The second kappa shape index (κ2) is 7.92. The Balaban J connectivity index is 2.09. The van der Waals surface area contributed by atoms with E-state index >= 15 is 0 Å². The van der Waals surface area contributed by atoms with Crippen LogP contribution in [0.25, 0.3) is 0 Å². The lowest BCUT2D eigenvalue weighted by atomic mass is 10.0. The average Bonchev–Trinajstić information content (AvgIpc) is 3.00. The molecule has 5 heteroatoms. The second-order valence-electron chi connectivity index (χ2n) is 6.30. The van der Waals surface area contributed by atoms with Gasteiger partial charge in [-0.3, -0.25) is 4.79 Å². The van der Waals surface area contributed by atoms with Gasteiger partial charge in [-0.25, -0.2) is 4.98 Å². The Kier molecular flexibility index (Phi) is 5.93. The van der Waals surface area contributed by atoms with E-state index in [1.54, 1.807) is 12.5 Å². The standard InChI is InChI=1S/C18H26N4O/c1-14-5-6-15(2)16(9-14)10-18(23)22(8-7-21(3)4)12-17-11-19-13-20-17/h5-6,9,11,13H,7-8,10,12H2,1-4H3,(H,19,20). The summed E-state index contributed by atoms with van der Waals surface area (Å²) >= 11 is 0. The zero-order valence-electron chi connectivity index (χ0n) is 14.5. The highest BCUT2D eigenvalue weighted by molar-refractivity contribution is 5.79. The van der Waals surface area contributed by atoms with Gasteiger partial charge >= 0.3 is 0 Å². The van der Waals surface area contributed by atoms with Crippen molar-refractivity contribution >= 4 is 5.91 Å². The maximum Gasteiger partial charge on any atom is 0.227 e. The third kappa shape index (κ3) is 5.21. The van der Waals surface area contributed by atoms with Crippen LogP contribution >= 0.6 is 0 Å². The molecule has 0 aliphatic carbocycles. The van der Waals surface area contributed by atoms with E-state index in [0.29, 0.717) is 19.5 Å². The number of H-pyrrole nitrogens is 1. The summed E-state index contributed by atoms with van der Waals surface area (Å²) in [6, 6.07) is 6.27. The first-order valence-electron chi connectivity index (χ1n) is 7.91. The van der Waals surface area contributed by atoms with E-state index < -0.39 is 0 Å². The summed E-state index contributed by atoms with van der Waals surface area (Å²) in [4.78, 5) is 23.9. The quantitative estimate of drug-likeness (QED) is 0.852. The summed E-state index contributed by atoms with van der Waals surface area (Å²) in [5.74, 6) is 0.148. The number of rotatable bonds is 7. The van der Waals surface area contributed by atoms with E-state index in [0.717, 1.165) is 23.4 Å². The molecule has 5 nitrogen and oxygen atoms in total. The maximum atomic E-state index is 12.8. The van der Waals surface area contributed by atoms with Crippen LogP contribution in [0, 0.1) is 13.8 Å². The number of likely N-dealkylation sites (N-methyl/N-ethyl adjacent to an activating group) is 1. The van der Waals surface area contributed by atoms with Gasteiger partial charge in [0.2, 0.25) is 5.91 Å². The fourth-order valence-corrected chi connectivity index (χ4v) is 2.45. The predicted molar refractivity (Wildman–Crippen MR) is 92.2 cm³/mol. The predicted octanol–water partition coefficient (Wildman–Crippen LogP) is 2.16. The molecule has 2 rings (SSSR count). The minimum Gasteiger partial charge on any atom is -0.347 e. The van der Waals surface area contributed by atoms with E-state index in [9.17, 15) is 4.79 Å². The molecule has 0 aliphatic rings. The van der Waals surface area contributed by atoms with Crippen LogP contribution in [0.2, 0.25) is 0 Å². The van der Waals surface area contributed by atoms with Gasteiger partial charge in [-0.05, 0) is 39.1 Å². The topological polar surface area (TPSA) is 52.2 Å². The number of amides is 1. The summed E-state index contributed by atoms with van der Waals surface area (Å²) in [6.45, 7) is 6.23. The van der Waals surface area contributed by atoms with Crippen molar-refractivity contribution in [3.8, 4) is 0 Å². The van der Waals surface area contributed by atoms with Gasteiger partial charge in [0.25, 0.3) is 0 Å². The number of aromatic amines is 1. The number of hydrogen-bond acceptors (Lipinski definition) is 3. The van der Waals surface area contributed by atoms with Crippen LogP contribution in [-0.2, 0) is 17.8 Å². The van der Waals surface area contributed by atoms with Crippen LogP contribution in [0.3, 0.4) is 0 Å². The summed E-state index contributed by atoms with van der Waals surface area (Å²) in [5.41, 5.74) is 4.41. The first kappa shape index (κ1) is 17.2. The molecule has 0 fully saturated rings. The zero-order valence-corrected chi connectivity index (χ0v) is 14.5. The second-order valence-corrected chi connectivity index (χ2v) is 6.30. The van der Waals surface area contributed by atoms with Crippen molar-refractivity contribution in [2.75, 3.05) is 27.2 Å². The molecule has 1 N–H and O–H groups in total. The molecule has 0 radical (unpaired) electrons. The van der Waals surface area contributed by atoms with Crippen molar-refractivity contribution in [3.05, 3.63) is 53.1 Å². The summed E-state index contributed by atoms with van der Waals surface area (Å²) in [5, 5.41) is 0. The summed E-state index contributed by atoms with van der Waals surface area (Å²) < 4.78 is 0. The number of nitrogens with zero attached hydrogens (tertiary/aromatic N) is 3. The molecule has 0 unspecified atom stereocenters. The van der Waals surface area contributed by atoms with Crippen molar-refractivity contribution in [1.82, 2.24) is 19.8 Å². The van der Waals surface area contributed by atoms with E-state index in [-0.39, 0.29) is 5.91 Å². The van der Waals surface area contributed by atoms with Gasteiger partial charge in [0, 0.05) is 19.3 Å². The lowest BCUT2D eigenvalue weighted by molar-refractivity contribution is -0.131. The Hall–Kier alpha value is -2.14. The van der Waals surface area contributed by atoms with Gasteiger partial charge in [0.15, 0.2) is 0 Å². The van der Waals surface area contributed by atoms with Crippen molar-refractivity contribution in [2.45, 2.75) is 26.8 Å². The van der Waals surface area contributed by atoms with Gasteiger partial charge in [-0.1, -0.05) is 23.8 Å². The molecule has 1 amide bonds. The molecule has 0 aliphatic heterocycles. The average molecular weight is 314 g/mol. The number of carbonyl (C=O) groups excluding carboxylic acids is 1. The summed E-state index contributed by atoms with van der Waals surface area (Å²) in [7, 11) is 4.03. The van der Waals surface area contributed by atoms with E-state index in [2.05, 4.69) is 46.9 Å². The van der Waals surface area contributed by atoms with Crippen LogP contribution < -0.4 is 0 Å². The van der Waals surface area contributed by atoms with Gasteiger partial charge in [0.1, 0.15) is 0 Å². The Labute approximate surface area is 138 Å². The molecule has 0 saturated heterocycles. The SMILES string of the molecule is Cc1ccc(C)c(CC(=O)N(CCN(C)C)Cc2cnc[nH]2)c1. The minimum absolute atomic E-state index is 0.148. The number of imidazole rings is 1. The van der Waals surface area contributed by atoms with E-state index in [4.69, 9.17) is 0 Å². The Bertz CT molecular complexity index is 634. The molecule has 1 aromatic carbocycles. The number of aromatic nitrogens is 2. The van der Waals surface area contributed by atoms with Gasteiger partial charge in [0.05, 0.1) is 25.0 Å². The van der Waals surface area contributed by atoms with Crippen molar-refractivity contribution in [1.29, 1.82) is 0 Å². The number of carbonyl (C=O) groups is 1. The highest BCUT2D eigenvalue weighted by atomic mass is 16.2. The van der Waals surface area contributed by atoms with Crippen LogP contribution in [-0.4, -0.2) is 52.9 Å². The first-order valence-corrected chi connectivity index (χ1v) is 7.91. The summed E-state index contributed by atoms with van der Waals surface area (Å²) in [6.07, 6.45) is 3.86. The van der Waals surface area contributed by atoms with E-state index in [1.165, 1.54) is 5.56 Å². The third-order valence-electron chi connectivity index (χ3n) is 3.93. The monoisotopic (exact) mass is 314 g/mol.